The maximum Gasteiger partial charge on any atom is 0.184 e. The Balaban J connectivity index is 2.45. The largest absolute Gasteiger partial charge is 0.511 e. The van der Waals surface area contributed by atoms with E-state index < -0.39 is 22.3 Å². The monoisotopic (exact) mass is 504 g/mol. The number of allylic oxidation sites excluding steroid dienone is 7. The van der Waals surface area contributed by atoms with E-state index in [9.17, 15) is 19.8 Å². The van der Waals surface area contributed by atoms with Gasteiger partial charge in [-0.2, -0.15) is 0 Å². The zero-order valence-electron chi connectivity index (χ0n) is 23.8. The topological polar surface area (TPSA) is 74.6 Å². The Hall–Kier alpha value is -2.72. The number of aliphatic hydroxyl groups excluding tert-OH is 2. The van der Waals surface area contributed by atoms with Gasteiger partial charge in [0.15, 0.2) is 17.0 Å². The number of hydrogen-bond donors (Lipinski definition) is 2. The number of Topliss-reactive ketones (excluding diaryl/α,β-unsaturated/α-hetero) is 2. The maximum absolute atomic E-state index is 14.8. The summed E-state index contributed by atoms with van der Waals surface area (Å²) in [7, 11) is 0. The zero-order valence-corrected chi connectivity index (χ0v) is 23.8. The number of ketones is 2. The van der Waals surface area contributed by atoms with Crippen molar-refractivity contribution >= 4 is 11.6 Å². The molecule has 3 rings (SSSR count). The molecule has 0 spiro atoms. The van der Waals surface area contributed by atoms with E-state index in [-0.39, 0.29) is 29.7 Å². The molecule has 1 aromatic carbocycles. The van der Waals surface area contributed by atoms with Crippen molar-refractivity contribution in [3.8, 4) is 0 Å². The zero-order chi connectivity index (χ0) is 27.8. The predicted octanol–water partition coefficient (Wildman–Crippen LogP) is 7.71. The molecule has 200 valence electrons. The van der Waals surface area contributed by atoms with Gasteiger partial charge in [0.25, 0.3) is 0 Å². The van der Waals surface area contributed by atoms with Crippen LogP contribution < -0.4 is 0 Å². The molecule has 1 unspecified atom stereocenters. The van der Waals surface area contributed by atoms with E-state index in [1.54, 1.807) is 24.3 Å². The first-order chi connectivity index (χ1) is 17.2. The second-order valence-corrected chi connectivity index (χ2v) is 12.3. The van der Waals surface area contributed by atoms with Gasteiger partial charge in [-0.05, 0) is 78.6 Å². The van der Waals surface area contributed by atoms with Gasteiger partial charge in [0, 0.05) is 11.1 Å². The summed E-state index contributed by atoms with van der Waals surface area (Å²) in [5.41, 5.74) is 0.151. The van der Waals surface area contributed by atoms with Crippen molar-refractivity contribution in [2.75, 3.05) is 0 Å². The molecule has 0 saturated heterocycles. The molecular weight excluding hydrogens is 460 g/mol. The van der Waals surface area contributed by atoms with E-state index >= 15 is 0 Å². The smallest absolute Gasteiger partial charge is 0.184 e. The number of hydrogen-bond acceptors (Lipinski definition) is 4. The van der Waals surface area contributed by atoms with Gasteiger partial charge >= 0.3 is 0 Å². The fourth-order valence-corrected chi connectivity index (χ4v) is 6.37. The molecule has 0 aliphatic heterocycles. The van der Waals surface area contributed by atoms with Crippen molar-refractivity contribution in [3.05, 3.63) is 82.2 Å². The van der Waals surface area contributed by atoms with Crippen molar-refractivity contribution in [3.63, 3.8) is 0 Å². The van der Waals surface area contributed by atoms with Crippen LogP contribution in [0.25, 0.3) is 0 Å². The predicted molar refractivity (Wildman–Crippen MR) is 150 cm³/mol. The highest BCUT2D eigenvalue weighted by molar-refractivity contribution is 6.20. The highest BCUT2D eigenvalue weighted by Gasteiger charge is 2.74. The third kappa shape index (κ3) is 4.69. The summed E-state index contributed by atoms with van der Waals surface area (Å²) in [5.74, 6) is -1.10. The van der Waals surface area contributed by atoms with Gasteiger partial charge in [-0.3, -0.25) is 9.59 Å². The van der Waals surface area contributed by atoms with Crippen LogP contribution in [0.3, 0.4) is 0 Å². The third-order valence-corrected chi connectivity index (χ3v) is 8.70. The van der Waals surface area contributed by atoms with Crippen LogP contribution in [0.2, 0.25) is 0 Å². The molecule has 1 fully saturated rings. The van der Waals surface area contributed by atoms with Gasteiger partial charge in [0.1, 0.15) is 5.76 Å². The van der Waals surface area contributed by atoms with Gasteiger partial charge in [-0.15, -0.1) is 0 Å². The summed E-state index contributed by atoms with van der Waals surface area (Å²) in [6, 6.07) is 8.82. The molecular formula is C33H44O4. The lowest BCUT2D eigenvalue weighted by Gasteiger charge is -2.61. The molecule has 2 aliphatic rings. The third-order valence-electron chi connectivity index (χ3n) is 8.70. The molecule has 1 saturated carbocycles. The van der Waals surface area contributed by atoms with Gasteiger partial charge in [0.2, 0.25) is 0 Å². The maximum atomic E-state index is 14.8. The minimum atomic E-state index is -1.79. The highest BCUT2D eigenvalue weighted by Crippen LogP contribution is 2.67. The molecule has 0 aromatic heterocycles. The normalized spacial score (nSPS) is 28.4. The van der Waals surface area contributed by atoms with Gasteiger partial charge in [0.05, 0.1) is 11.5 Å². The van der Waals surface area contributed by atoms with Crippen LogP contribution in [0.15, 0.2) is 76.6 Å². The lowest BCUT2D eigenvalue weighted by atomic mass is 9.39. The Morgan fingerprint density at radius 3 is 2.05 bits per heavy atom. The van der Waals surface area contributed by atoms with Crippen molar-refractivity contribution < 1.29 is 19.8 Å². The Morgan fingerprint density at radius 1 is 0.946 bits per heavy atom. The fraction of sp³-hybridized carbons (Fsp3) is 0.515. The molecule has 2 N–H and O–H groups in total. The van der Waals surface area contributed by atoms with Crippen LogP contribution >= 0.6 is 0 Å². The highest BCUT2D eigenvalue weighted by atomic mass is 16.3. The second kappa shape index (κ2) is 10.6. The van der Waals surface area contributed by atoms with Gasteiger partial charge in [-0.1, -0.05) is 79.1 Å². The van der Waals surface area contributed by atoms with Crippen LogP contribution in [0.5, 0.6) is 0 Å². The number of benzene rings is 1. The lowest BCUT2D eigenvalue weighted by molar-refractivity contribution is -0.169. The average molecular weight is 505 g/mol. The summed E-state index contributed by atoms with van der Waals surface area (Å²) in [6.45, 7) is 15.8. The first kappa shape index (κ1) is 28.8. The van der Waals surface area contributed by atoms with Crippen LogP contribution in [-0.2, 0) is 4.79 Å². The van der Waals surface area contributed by atoms with E-state index in [2.05, 4.69) is 6.08 Å². The summed E-state index contributed by atoms with van der Waals surface area (Å²) < 4.78 is 0. The summed E-state index contributed by atoms with van der Waals surface area (Å²) >= 11 is 0. The molecule has 0 amide bonds. The lowest BCUT2D eigenvalue weighted by Crippen LogP contribution is -2.69. The Morgan fingerprint density at radius 2 is 1.51 bits per heavy atom. The molecule has 1 aromatic rings. The van der Waals surface area contributed by atoms with Gasteiger partial charge < -0.3 is 10.2 Å². The number of aliphatic hydroxyl groups is 2. The number of rotatable bonds is 8. The molecule has 2 aliphatic carbocycles. The first-order valence-electron chi connectivity index (χ1n) is 13.4. The minimum absolute atomic E-state index is 0.111. The summed E-state index contributed by atoms with van der Waals surface area (Å²) in [6.07, 6.45) is 6.64. The quantitative estimate of drug-likeness (QED) is 0.216. The van der Waals surface area contributed by atoms with Crippen molar-refractivity contribution in [1.82, 2.24) is 0 Å². The van der Waals surface area contributed by atoms with E-state index in [4.69, 9.17) is 0 Å². The van der Waals surface area contributed by atoms with E-state index in [1.165, 1.54) is 0 Å². The van der Waals surface area contributed by atoms with Crippen molar-refractivity contribution in [1.29, 1.82) is 0 Å². The van der Waals surface area contributed by atoms with E-state index in [0.717, 1.165) is 16.7 Å². The number of fused-ring (bicyclic) bond motifs is 2. The Labute approximate surface area is 222 Å². The van der Waals surface area contributed by atoms with Crippen LogP contribution in [0, 0.1) is 22.2 Å². The summed E-state index contributed by atoms with van der Waals surface area (Å²) in [4.78, 5) is 29.4. The fourth-order valence-electron chi connectivity index (χ4n) is 6.37. The van der Waals surface area contributed by atoms with Crippen molar-refractivity contribution in [2.45, 2.75) is 87.2 Å². The molecule has 4 nitrogen and oxygen atoms in total. The molecule has 4 atom stereocenters. The minimum Gasteiger partial charge on any atom is -0.511 e. The summed E-state index contributed by atoms with van der Waals surface area (Å²) in [5, 5.41) is 24.0. The molecule has 0 heterocycles. The van der Waals surface area contributed by atoms with E-state index in [0.29, 0.717) is 30.4 Å². The first-order valence-corrected chi connectivity index (χ1v) is 13.4. The molecule has 4 heteroatoms. The van der Waals surface area contributed by atoms with Crippen molar-refractivity contribution in [2.24, 2.45) is 22.2 Å². The second-order valence-electron chi connectivity index (χ2n) is 12.3. The van der Waals surface area contributed by atoms with Crippen LogP contribution in [0.4, 0.5) is 0 Å². The number of carbonyl (C=O) groups is 2. The van der Waals surface area contributed by atoms with E-state index in [1.807, 2.05) is 73.6 Å². The SMILES string of the molecule is CC(C)=CCC1=C(O)C2(C(=O)c3ccccc3)C(=O)[C@](CC=C(C)C)(C[C@H](CC=C(C)C)C2(C)C)[C@H]1O. The molecule has 37 heavy (non-hydrogen) atoms. The molecule has 0 radical (unpaired) electrons. The molecule has 2 bridgehead atoms. The Bertz CT molecular complexity index is 1170. The number of carbonyl (C=O) groups excluding carboxylic acids is 2. The average Bonchev–Trinajstić information content (AvgIpc) is 2.82. The van der Waals surface area contributed by atoms with Gasteiger partial charge in [-0.25, -0.2) is 0 Å². The van der Waals surface area contributed by atoms with Crippen LogP contribution in [0.1, 0.15) is 91.4 Å². The van der Waals surface area contributed by atoms with Crippen LogP contribution in [-0.4, -0.2) is 27.9 Å². The standard InChI is InChI=1S/C33H44O4/c1-21(2)14-16-25-20-32(19-18-23(5)6)28(35)26(17-15-22(3)4)29(36)33(30(32)37,31(25,7)8)27(34)24-12-10-9-11-13-24/h9-15,18,25,28,35-36H,16-17,19-20H2,1-8H3/t25-,28-,32+,33?/m0/s1. The Kier molecular flexibility index (Phi) is 8.24.